The number of aryl methyl sites for hydroxylation is 2. The Hall–Kier alpha value is -2.38. The van der Waals surface area contributed by atoms with Crippen LogP contribution in [0.15, 0.2) is 29.6 Å². The number of amides is 2. The molecule has 0 bridgehead atoms. The SMILES string of the molecule is Cc1ccc(OC[C@@H]2c3ccsc3CCN2C(=O)CN(C[C@@H]2CCCO2)C(=O)C2CC2)c(C)c1. The Kier molecular flexibility index (Phi) is 6.93. The van der Waals surface area contributed by atoms with Gasteiger partial charge >= 0.3 is 0 Å². The zero-order chi connectivity index (χ0) is 23.7. The van der Waals surface area contributed by atoms with Crippen LogP contribution in [0.2, 0.25) is 0 Å². The number of benzene rings is 1. The average Bonchev–Trinajstić information content (AvgIpc) is 3.32. The number of ether oxygens (including phenoxy) is 2. The quantitative estimate of drug-likeness (QED) is 0.563. The fourth-order valence-corrected chi connectivity index (χ4v) is 6.04. The van der Waals surface area contributed by atoms with Crippen LogP contribution in [0.25, 0.3) is 0 Å². The molecule has 34 heavy (non-hydrogen) atoms. The number of fused-ring (bicyclic) bond motifs is 1. The minimum atomic E-state index is -0.149. The molecule has 2 aliphatic heterocycles. The van der Waals surface area contributed by atoms with Crippen LogP contribution in [0, 0.1) is 19.8 Å². The van der Waals surface area contributed by atoms with Gasteiger partial charge in [0.2, 0.25) is 11.8 Å². The molecule has 1 aromatic heterocycles. The molecule has 2 amide bonds. The molecule has 0 unspecified atom stereocenters. The van der Waals surface area contributed by atoms with Crippen molar-refractivity contribution in [1.82, 2.24) is 9.80 Å². The second-order valence-corrected chi connectivity index (χ2v) is 10.9. The molecule has 2 atom stereocenters. The fraction of sp³-hybridized carbons (Fsp3) is 0.556. The zero-order valence-electron chi connectivity index (χ0n) is 20.1. The van der Waals surface area contributed by atoms with Gasteiger partial charge in [-0.3, -0.25) is 9.59 Å². The summed E-state index contributed by atoms with van der Waals surface area (Å²) in [6, 6.07) is 8.14. The van der Waals surface area contributed by atoms with E-state index in [2.05, 4.69) is 37.4 Å². The summed E-state index contributed by atoms with van der Waals surface area (Å²) >= 11 is 1.75. The molecule has 7 heteroatoms. The summed E-state index contributed by atoms with van der Waals surface area (Å²) in [6.07, 6.45) is 4.74. The molecule has 5 rings (SSSR count). The lowest BCUT2D eigenvalue weighted by molar-refractivity contribution is -0.144. The van der Waals surface area contributed by atoms with Crippen molar-refractivity contribution < 1.29 is 19.1 Å². The molecule has 2 fully saturated rings. The summed E-state index contributed by atoms with van der Waals surface area (Å²) in [5.41, 5.74) is 3.47. The van der Waals surface area contributed by atoms with Gasteiger partial charge in [-0.2, -0.15) is 0 Å². The van der Waals surface area contributed by atoms with Crippen molar-refractivity contribution in [3.63, 3.8) is 0 Å². The van der Waals surface area contributed by atoms with Crippen molar-refractivity contribution in [2.45, 2.75) is 58.1 Å². The maximum Gasteiger partial charge on any atom is 0.242 e. The Morgan fingerprint density at radius 3 is 2.79 bits per heavy atom. The number of hydrogen-bond acceptors (Lipinski definition) is 5. The second kappa shape index (κ2) is 10.1. The molecule has 1 saturated carbocycles. The molecule has 0 spiro atoms. The third-order valence-electron chi connectivity index (χ3n) is 7.15. The molecule has 0 N–H and O–H groups in total. The van der Waals surface area contributed by atoms with E-state index in [1.54, 1.807) is 16.2 Å². The molecule has 182 valence electrons. The summed E-state index contributed by atoms with van der Waals surface area (Å²) < 4.78 is 12.0. The Morgan fingerprint density at radius 2 is 2.06 bits per heavy atom. The average molecular weight is 483 g/mol. The second-order valence-electron chi connectivity index (χ2n) is 9.86. The third-order valence-corrected chi connectivity index (χ3v) is 8.15. The minimum absolute atomic E-state index is 0.00178. The number of carbonyl (C=O) groups excluding carboxylic acids is 2. The Bertz CT molecular complexity index is 1040. The Morgan fingerprint density at radius 1 is 1.21 bits per heavy atom. The van der Waals surface area contributed by atoms with E-state index in [1.165, 1.54) is 16.0 Å². The summed E-state index contributed by atoms with van der Waals surface area (Å²) in [6.45, 7) is 6.56. The Labute approximate surface area is 205 Å². The molecular formula is C27H34N2O4S. The van der Waals surface area contributed by atoms with Crippen molar-refractivity contribution in [2.24, 2.45) is 5.92 Å². The van der Waals surface area contributed by atoms with E-state index in [9.17, 15) is 9.59 Å². The molecule has 1 aromatic carbocycles. The molecule has 1 saturated heterocycles. The van der Waals surface area contributed by atoms with E-state index >= 15 is 0 Å². The van der Waals surface area contributed by atoms with Gasteiger partial charge in [-0.25, -0.2) is 0 Å². The maximum absolute atomic E-state index is 13.6. The summed E-state index contributed by atoms with van der Waals surface area (Å²) in [4.78, 5) is 31.7. The van der Waals surface area contributed by atoms with Crippen LogP contribution in [-0.4, -0.2) is 60.6 Å². The topological polar surface area (TPSA) is 59.1 Å². The lowest BCUT2D eigenvalue weighted by Crippen LogP contribution is -2.49. The van der Waals surface area contributed by atoms with Crippen molar-refractivity contribution in [3.05, 3.63) is 51.2 Å². The van der Waals surface area contributed by atoms with Gasteiger partial charge in [-0.1, -0.05) is 17.7 Å². The molecule has 1 aliphatic carbocycles. The Balaban J connectivity index is 1.32. The van der Waals surface area contributed by atoms with Crippen LogP contribution in [-0.2, 0) is 20.7 Å². The largest absolute Gasteiger partial charge is 0.491 e. The lowest BCUT2D eigenvalue weighted by Gasteiger charge is -2.37. The minimum Gasteiger partial charge on any atom is -0.491 e. The fourth-order valence-electron chi connectivity index (χ4n) is 5.11. The normalized spacial score (nSPS) is 21.9. The molecule has 2 aromatic rings. The molecule has 3 heterocycles. The molecular weight excluding hydrogens is 448 g/mol. The van der Waals surface area contributed by atoms with E-state index in [-0.39, 0.29) is 36.4 Å². The van der Waals surface area contributed by atoms with Crippen molar-refractivity contribution in [3.8, 4) is 5.75 Å². The van der Waals surface area contributed by atoms with Gasteiger partial charge in [-0.05, 0) is 74.6 Å². The smallest absolute Gasteiger partial charge is 0.242 e. The zero-order valence-corrected chi connectivity index (χ0v) is 20.9. The lowest BCUT2D eigenvalue weighted by atomic mass is 10.00. The first kappa shape index (κ1) is 23.4. The van der Waals surface area contributed by atoms with Gasteiger partial charge in [0.25, 0.3) is 0 Å². The molecule has 6 nitrogen and oxygen atoms in total. The van der Waals surface area contributed by atoms with Gasteiger partial charge in [0, 0.05) is 30.5 Å². The number of nitrogens with zero attached hydrogens (tertiary/aromatic N) is 2. The number of hydrogen-bond donors (Lipinski definition) is 0. The van der Waals surface area contributed by atoms with E-state index in [1.807, 2.05) is 11.0 Å². The highest BCUT2D eigenvalue weighted by Gasteiger charge is 2.38. The van der Waals surface area contributed by atoms with Crippen LogP contribution in [0.4, 0.5) is 0 Å². The van der Waals surface area contributed by atoms with E-state index < -0.39 is 0 Å². The standard InChI is InChI=1S/C27H34N2O4S/c1-18-5-8-24(19(2)14-18)33-17-23-22-10-13-34-25(22)9-11-29(23)26(30)16-28(27(31)20-6-7-20)15-21-4-3-12-32-21/h5,8,10,13-14,20-21,23H,3-4,6-7,9,11-12,15-17H2,1-2H3/t21-,23+/m0/s1. The first-order chi connectivity index (χ1) is 16.5. The van der Waals surface area contributed by atoms with Gasteiger partial charge in [0.15, 0.2) is 0 Å². The highest BCUT2D eigenvalue weighted by molar-refractivity contribution is 7.10. The van der Waals surface area contributed by atoms with Crippen molar-refractivity contribution in [2.75, 3.05) is 32.8 Å². The molecule has 0 radical (unpaired) electrons. The van der Waals surface area contributed by atoms with Crippen LogP contribution in [0.5, 0.6) is 5.75 Å². The third kappa shape index (κ3) is 5.15. The predicted molar refractivity (Wildman–Crippen MR) is 132 cm³/mol. The van der Waals surface area contributed by atoms with E-state index in [0.717, 1.165) is 50.0 Å². The number of thiophene rings is 1. The highest BCUT2D eigenvalue weighted by atomic mass is 32.1. The van der Waals surface area contributed by atoms with Crippen LogP contribution < -0.4 is 4.74 Å². The van der Waals surface area contributed by atoms with Crippen molar-refractivity contribution in [1.29, 1.82) is 0 Å². The summed E-state index contributed by atoms with van der Waals surface area (Å²) in [5.74, 6) is 1.05. The summed E-state index contributed by atoms with van der Waals surface area (Å²) in [5, 5.41) is 2.10. The van der Waals surface area contributed by atoms with Crippen molar-refractivity contribution >= 4 is 23.2 Å². The first-order valence-corrected chi connectivity index (χ1v) is 13.3. The van der Waals surface area contributed by atoms with Gasteiger partial charge in [0.05, 0.1) is 18.7 Å². The van der Waals surface area contributed by atoms with E-state index in [0.29, 0.717) is 19.7 Å². The van der Waals surface area contributed by atoms with Crippen LogP contribution >= 0.6 is 11.3 Å². The predicted octanol–water partition coefficient (Wildman–Crippen LogP) is 4.29. The van der Waals surface area contributed by atoms with Gasteiger partial charge < -0.3 is 19.3 Å². The van der Waals surface area contributed by atoms with Crippen LogP contribution in [0.1, 0.15) is 53.3 Å². The number of rotatable bonds is 8. The monoisotopic (exact) mass is 482 g/mol. The van der Waals surface area contributed by atoms with Gasteiger partial charge in [-0.15, -0.1) is 11.3 Å². The van der Waals surface area contributed by atoms with E-state index in [4.69, 9.17) is 9.47 Å². The maximum atomic E-state index is 13.6. The summed E-state index contributed by atoms with van der Waals surface area (Å²) in [7, 11) is 0. The first-order valence-electron chi connectivity index (χ1n) is 12.5. The molecule has 3 aliphatic rings. The van der Waals surface area contributed by atoms with Crippen LogP contribution in [0.3, 0.4) is 0 Å². The number of carbonyl (C=O) groups is 2. The highest BCUT2D eigenvalue weighted by Crippen LogP contribution is 2.35. The van der Waals surface area contributed by atoms with Gasteiger partial charge in [0.1, 0.15) is 12.4 Å².